The normalized spacial score (nSPS) is 24.6. The van der Waals surface area contributed by atoms with E-state index in [0.29, 0.717) is 31.0 Å². The standard InChI is InChI=1S/C28H39N3O3/c1-19(16-20-8-10-21(18-32)11-9-20)31-25-13-12-22-14-15-30(28(33)34-2)17-24(22)26(25)29-27(31)23-6-4-3-5-7-23/h12-13,18-21,23H,3-11,14-17H2,1-2H3/t19-,20?,21?/m0/s1. The number of carbonyl (C=O) groups excluding carboxylic acids is 2. The molecule has 2 heterocycles. The quantitative estimate of drug-likeness (QED) is 0.496. The fraction of sp³-hybridized carbons (Fsp3) is 0.679. The highest BCUT2D eigenvalue weighted by Gasteiger charge is 2.30. The van der Waals surface area contributed by atoms with E-state index in [9.17, 15) is 9.59 Å². The van der Waals surface area contributed by atoms with Gasteiger partial charge in [-0.2, -0.15) is 0 Å². The lowest BCUT2D eigenvalue weighted by Crippen LogP contribution is -2.35. The molecule has 2 aliphatic carbocycles. The molecular weight excluding hydrogens is 426 g/mol. The average Bonchev–Trinajstić information content (AvgIpc) is 3.29. The molecule has 1 aliphatic heterocycles. The molecule has 0 N–H and O–H groups in total. The molecule has 1 atom stereocenters. The Bertz CT molecular complexity index is 1030. The molecule has 0 spiro atoms. The lowest BCUT2D eigenvalue weighted by atomic mass is 9.80. The molecule has 0 unspecified atom stereocenters. The molecule has 0 saturated heterocycles. The number of hydrogen-bond donors (Lipinski definition) is 0. The Morgan fingerprint density at radius 1 is 1.15 bits per heavy atom. The van der Waals surface area contributed by atoms with Crippen molar-refractivity contribution in [1.82, 2.24) is 14.5 Å². The SMILES string of the molecule is COC(=O)N1CCc2ccc3c(nc(C4CCCCC4)n3[C@@H](C)CC3CCC(C=O)CC3)c2C1. The second-order valence-corrected chi connectivity index (χ2v) is 10.9. The zero-order valence-corrected chi connectivity index (χ0v) is 20.8. The highest BCUT2D eigenvalue weighted by atomic mass is 16.5. The summed E-state index contributed by atoms with van der Waals surface area (Å²) < 4.78 is 7.57. The van der Waals surface area contributed by atoms with Crippen molar-refractivity contribution >= 4 is 23.4 Å². The summed E-state index contributed by atoms with van der Waals surface area (Å²) in [5.74, 6) is 2.72. The maximum atomic E-state index is 12.3. The van der Waals surface area contributed by atoms with Gasteiger partial charge in [0.15, 0.2) is 0 Å². The minimum atomic E-state index is -0.256. The Morgan fingerprint density at radius 2 is 1.91 bits per heavy atom. The third-order valence-corrected chi connectivity index (χ3v) is 8.69. The maximum Gasteiger partial charge on any atom is 0.409 e. The minimum Gasteiger partial charge on any atom is -0.453 e. The van der Waals surface area contributed by atoms with Crippen LogP contribution >= 0.6 is 0 Å². The minimum absolute atomic E-state index is 0.256. The Kier molecular flexibility index (Phi) is 6.94. The number of hydrogen-bond acceptors (Lipinski definition) is 4. The molecule has 6 heteroatoms. The summed E-state index contributed by atoms with van der Waals surface area (Å²) in [7, 11) is 1.46. The fourth-order valence-corrected chi connectivity index (χ4v) is 6.76. The molecule has 2 saturated carbocycles. The van der Waals surface area contributed by atoms with Gasteiger partial charge in [0, 0.05) is 30.0 Å². The van der Waals surface area contributed by atoms with Gasteiger partial charge in [0.1, 0.15) is 12.1 Å². The Labute approximate surface area is 203 Å². The number of aromatic nitrogens is 2. The van der Waals surface area contributed by atoms with Crippen LogP contribution in [0.1, 0.15) is 100 Å². The van der Waals surface area contributed by atoms with Gasteiger partial charge in [0.25, 0.3) is 0 Å². The van der Waals surface area contributed by atoms with Crippen LogP contribution in [0.3, 0.4) is 0 Å². The van der Waals surface area contributed by atoms with Crippen LogP contribution in [0, 0.1) is 11.8 Å². The summed E-state index contributed by atoms with van der Waals surface area (Å²) >= 11 is 0. The van der Waals surface area contributed by atoms with Crippen molar-refractivity contribution in [2.75, 3.05) is 13.7 Å². The summed E-state index contributed by atoms with van der Waals surface area (Å²) in [6.45, 7) is 3.63. The van der Waals surface area contributed by atoms with Gasteiger partial charge < -0.3 is 19.0 Å². The number of ether oxygens (including phenoxy) is 1. The smallest absolute Gasteiger partial charge is 0.409 e. The van der Waals surface area contributed by atoms with E-state index in [2.05, 4.69) is 23.6 Å². The average molecular weight is 466 g/mol. The van der Waals surface area contributed by atoms with Crippen LogP contribution in [-0.2, 0) is 22.5 Å². The molecule has 3 aliphatic rings. The molecule has 6 nitrogen and oxygen atoms in total. The van der Waals surface area contributed by atoms with Crippen molar-refractivity contribution in [3.8, 4) is 0 Å². The number of methoxy groups -OCH3 is 1. The second-order valence-electron chi connectivity index (χ2n) is 10.9. The summed E-state index contributed by atoms with van der Waals surface area (Å²) in [5, 5.41) is 0. The predicted octanol–water partition coefficient (Wildman–Crippen LogP) is 6.16. The van der Waals surface area contributed by atoms with Gasteiger partial charge in [-0.05, 0) is 75.8 Å². The van der Waals surface area contributed by atoms with Gasteiger partial charge in [0.2, 0.25) is 0 Å². The number of aldehydes is 1. The first-order valence-corrected chi connectivity index (χ1v) is 13.4. The zero-order valence-electron chi connectivity index (χ0n) is 20.8. The molecule has 0 bridgehead atoms. The summed E-state index contributed by atoms with van der Waals surface area (Å²) in [4.78, 5) is 30.6. The van der Waals surface area contributed by atoms with Gasteiger partial charge in [-0.25, -0.2) is 9.78 Å². The van der Waals surface area contributed by atoms with Gasteiger partial charge >= 0.3 is 6.09 Å². The van der Waals surface area contributed by atoms with Crippen molar-refractivity contribution in [2.45, 2.75) is 96.1 Å². The Morgan fingerprint density at radius 3 is 2.62 bits per heavy atom. The van der Waals surface area contributed by atoms with Crippen LogP contribution in [-0.4, -0.2) is 40.5 Å². The summed E-state index contributed by atoms with van der Waals surface area (Å²) in [5.41, 5.74) is 4.82. The second kappa shape index (κ2) is 10.1. The summed E-state index contributed by atoms with van der Waals surface area (Å²) in [6.07, 6.45) is 13.6. The van der Waals surface area contributed by atoms with Crippen molar-refractivity contribution in [1.29, 1.82) is 0 Å². The van der Waals surface area contributed by atoms with Crippen molar-refractivity contribution < 1.29 is 14.3 Å². The van der Waals surface area contributed by atoms with Gasteiger partial charge in [-0.15, -0.1) is 0 Å². The predicted molar refractivity (Wildman–Crippen MR) is 133 cm³/mol. The molecule has 2 fully saturated rings. The largest absolute Gasteiger partial charge is 0.453 e. The van der Waals surface area contributed by atoms with Crippen molar-refractivity contribution in [3.05, 3.63) is 29.1 Å². The Balaban J connectivity index is 1.50. The molecule has 1 amide bonds. The van der Waals surface area contributed by atoms with E-state index in [1.807, 2.05) is 0 Å². The summed E-state index contributed by atoms with van der Waals surface area (Å²) in [6, 6.07) is 4.91. The molecule has 2 aromatic rings. The fourth-order valence-electron chi connectivity index (χ4n) is 6.76. The molecule has 34 heavy (non-hydrogen) atoms. The highest BCUT2D eigenvalue weighted by molar-refractivity contribution is 5.82. The third kappa shape index (κ3) is 4.48. The highest BCUT2D eigenvalue weighted by Crippen LogP contribution is 2.40. The van der Waals surface area contributed by atoms with Gasteiger partial charge in [-0.3, -0.25) is 0 Å². The first-order valence-electron chi connectivity index (χ1n) is 13.4. The maximum absolute atomic E-state index is 12.3. The molecule has 5 rings (SSSR count). The van der Waals surface area contributed by atoms with E-state index < -0.39 is 0 Å². The van der Waals surface area contributed by atoms with E-state index in [4.69, 9.17) is 9.72 Å². The number of benzene rings is 1. The topological polar surface area (TPSA) is 64.4 Å². The number of carbonyl (C=O) groups is 2. The van der Waals surface area contributed by atoms with Gasteiger partial charge in [-0.1, -0.05) is 25.3 Å². The molecule has 1 aromatic carbocycles. The third-order valence-electron chi connectivity index (χ3n) is 8.69. The van der Waals surface area contributed by atoms with Crippen molar-refractivity contribution in [3.63, 3.8) is 0 Å². The first-order chi connectivity index (χ1) is 16.6. The van der Waals surface area contributed by atoms with Crippen LogP contribution in [0.25, 0.3) is 11.0 Å². The molecule has 1 aromatic heterocycles. The van der Waals surface area contributed by atoms with Crippen molar-refractivity contribution in [2.24, 2.45) is 11.8 Å². The lowest BCUT2D eigenvalue weighted by Gasteiger charge is -2.30. The number of rotatable bonds is 5. The van der Waals surface area contributed by atoms with E-state index in [1.165, 1.54) is 61.7 Å². The van der Waals surface area contributed by atoms with Crippen LogP contribution in [0.4, 0.5) is 4.79 Å². The van der Waals surface area contributed by atoms with E-state index in [-0.39, 0.29) is 12.0 Å². The van der Waals surface area contributed by atoms with Crippen LogP contribution < -0.4 is 0 Å². The monoisotopic (exact) mass is 465 g/mol. The van der Waals surface area contributed by atoms with E-state index in [0.717, 1.165) is 50.3 Å². The van der Waals surface area contributed by atoms with Crippen LogP contribution in [0.15, 0.2) is 12.1 Å². The molecular formula is C28H39N3O3. The first kappa shape index (κ1) is 23.4. The van der Waals surface area contributed by atoms with E-state index >= 15 is 0 Å². The zero-order chi connectivity index (χ0) is 23.7. The van der Waals surface area contributed by atoms with E-state index in [1.54, 1.807) is 4.90 Å². The van der Waals surface area contributed by atoms with Crippen LogP contribution in [0.5, 0.6) is 0 Å². The molecule has 184 valence electrons. The Hall–Kier alpha value is -2.37. The number of imidazole rings is 1. The van der Waals surface area contributed by atoms with Gasteiger partial charge in [0.05, 0.1) is 24.7 Å². The number of amides is 1. The lowest BCUT2D eigenvalue weighted by molar-refractivity contribution is -0.112. The van der Waals surface area contributed by atoms with Crippen LogP contribution in [0.2, 0.25) is 0 Å². The number of nitrogens with zero attached hydrogens (tertiary/aromatic N) is 3. The molecule has 0 radical (unpaired) electrons. The number of fused-ring (bicyclic) bond motifs is 3.